The Labute approximate surface area is 288 Å². The second-order valence-electron chi connectivity index (χ2n) is 14.4. The first-order chi connectivity index (χ1) is 23.5. The molecule has 0 bridgehead atoms. The van der Waals surface area contributed by atoms with Crippen LogP contribution < -0.4 is 14.5 Å². The predicted octanol–water partition coefficient (Wildman–Crippen LogP) is 5.12. The van der Waals surface area contributed by atoms with Crippen LogP contribution in [0.1, 0.15) is 55.9 Å². The predicted molar refractivity (Wildman–Crippen MR) is 187 cm³/mol. The molecule has 1 spiro atoms. The lowest BCUT2D eigenvalue weighted by Crippen LogP contribution is -2.48. The van der Waals surface area contributed by atoms with Crippen molar-refractivity contribution in [2.75, 3.05) is 36.6 Å². The van der Waals surface area contributed by atoms with Gasteiger partial charge in [-0.25, -0.2) is 0 Å². The monoisotopic (exact) mass is 663 g/mol. The van der Waals surface area contributed by atoms with Crippen LogP contribution in [0.15, 0.2) is 79.4 Å². The molecule has 0 radical (unpaired) electrons. The fraction of sp³-hybridized carbons (Fsp3) is 0.425. The fourth-order valence-corrected chi connectivity index (χ4v) is 8.90. The van der Waals surface area contributed by atoms with Gasteiger partial charge in [-0.3, -0.25) is 14.4 Å². The minimum atomic E-state index is -1.38. The maximum Gasteiger partial charge on any atom is 0.264 e. The Kier molecular flexibility index (Phi) is 8.40. The number of anilines is 2. The van der Waals surface area contributed by atoms with Gasteiger partial charge in [0.25, 0.3) is 5.91 Å². The van der Waals surface area contributed by atoms with Crippen molar-refractivity contribution in [3.63, 3.8) is 0 Å². The molecule has 3 aromatic rings. The standard InChI is InChI=1S/C40H45N3O6/c1-6-18-42-33-16-13-29(41-19-17-35(41)45)21-32(33)40(38(42)47)25(2)37(39(3,4)28-11-14-31(48-5)15-12-28)34(49-40)22-36(46)43-23-27-10-8-7-9-26(27)20-30(43)24-44/h6-16,21,25,30,34,37,44H,1,17-20,22-24H2,2-5H3/t25-,30+,34+,37-,40+/m1/s1. The average molecular weight is 664 g/mol. The van der Waals surface area contributed by atoms with Crippen molar-refractivity contribution >= 4 is 29.1 Å². The molecule has 0 saturated carbocycles. The number of carbonyl (C=O) groups is 3. The molecule has 4 heterocycles. The van der Waals surface area contributed by atoms with Crippen molar-refractivity contribution in [1.82, 2.24) is 4.90 Å². The van der Waals surface area contributed by atoms with E-state index in [0.717, 1.165) is 39.4 Å². The number of rotatable bonds is 9. The highest BCUT2D eigenvalue weighted by atomic mass is 16.5. The zero-order chi connectivity index (χ0) is 34.7. The fourth-order valence-electron chi connectivity index (χ4n) is 8.90. The van der Waals surface area contributed by atoms with Gasteiger partial charge in [0.1, 0.15) is 5.75 Å². The molecule has 49 heavy (non-hydrogen) atoms. The van der Waals surface area contributed by atoms with E-state index in [-0.39, 0.29) is 48.6 Å². The summed E-state index contributed by atoms with van der Waals surface area (Å²) in [6.07, 6.45) is 2.19. The van der Waals surface area contributed by atoms with Crippen LogP contribution in [0.5, 0.6) is 5.75 Å². The molecular weight excluding hydrogens is 618 g/mol. The van der Waals surface area contributed by atoms with Crippen molar-refractivity contribution < 1.29 is 29.0 Å². The first kappa shape index (κ1) is 33.0. The number of ether oxygens (including phenoxy) is 2. The van der Waals surface area contributed by atoms with E-state index in [9.17, 15) is 19.5 Å². The van der Waals surface area contributed by atoms with Crippen LogP contribution in [-0.2, 0) is 43.1 Å². The maximum absolute atomic E-state index is 14.8. The normalized spacial score (nSPS) is 26.1. The van der Waals surface area contributed by atoms with Crippen LogP contribution >= 0.6 is 0 Å². The molecule has 9 nitrogen and oxygen atoms in total. The third kappa shape index (κ3) is 5.17. The summed E-state index contributed by atoms with van der Waals surface area (Å²) in [7, 11) is 1.64. The van der Waals surface area contributed by atoms with Gasteiger partial charge in [0.05, 0.1) is 38.0 Å². The highest BCUT2D eigenvalue weighted by Gasteiger charge is 2.66. The summed E-state index contributed by atoms with van der Waals surface area (Å²) in [5.41, 5.74) is 3.51. The quantitative estimate of drug-likeness (QED) is 0.252. The van der Waals surface area contributed by atoms with Gasteiger partial charge in [0.2, 0.25) is 11.8 Å². The highest BCUT2D eigenvalue weighted by Crippen LogP contribution is 2.60. The molecule has 3 aromatic carbocycles. The van der Waals surface area contributed by atoms with Gasteiger partial charge in [0.15, 0.2) is 5.60 Å². The van der Waals surface area contributed by atoms with Gasteiger partial charge >= 0.3 is 0 Å². The number of aliphatic hydroxyl groups excluding tert-OH is 1. The Morgan fingerprint density at radius 1 is 1.10 bits per heavy atom. The van der Waals surface area contributed by atoms with Gasteiger partial charge in [-0.2, -0.15) is 0 Å². The third-order valence-corrected chi connectivity index (χ3v) is 11.6. The number of fused-ring (bicyclic) bond motifs is 3. The van der Waals surface area contributed by atoms with Gasteiger partial charge in [-0.05, 0) is 58.9 Å². The Morgan fingerprint density at radius 3 is 2.47 bits per heavy atom. The van der Waals surface area contributed by atoms with E-state index < -0.39 is 17.1 Å². The Balaban J connectivity index is 1.32. The summed E-state index contributed by atoms with van der Waals surface area (Å²) in [4.78, 5) is 47.0. The van der Waals surface area contributed by atoms with E-state index in [1.807, 2.05) is 60.7 Å². The van der Waals surface area contributed by atoms with E-state index in [1.165, 1.54) is 0 Å². The number of methoxy groups -OCH3 is 1. The Bertz CT molecular complexity index is 1800. The number of hydrogen-bond acceptors (Lipinski definition) is 6. The molecule has 0 unspecified atom stereocenters. The summed E-state index contributed by atoms with van der Waals surface area (Å²) in [6, 6.07) is 21.4. The molecule has 3 amide bonds. The molecule has 2 fully saturated rings. The number of amides is 3. The van der Waals surface area contributed by atoms with Gasteiger partial charge < -0.3 is 29.3 Å². The molecule has 2 saturated heterocycles. The van der Waals surface area contributed by atoms with Crippen LogP contribution in [0.3, 0.4) is 0 Å². The molecular formula is C40H45N3O6. The molecule has 4 aliphatic rings. The second-order valence-corrected chi connectivity index (χ2v) is 14.4. The lowest BCUT2D eigenvalue weighted by atomic mass is 9.63. The molecule has 4 aliphatic heterocycles. The first-order valence-corrected chi connectivity index (χ1v) is 17.2. The molecule has 0 aliphatic carbocycles. The number of benzene rings is 3. The number of hydrogen-bond donors (Lipinski definition) is 1. The average Bonchev–Trinajstić information content (AvgIpc) is 3.53. The third-order valence-electron chi connectivity index (χ3n) is 11.6. The summed E-state index contributed by atoms with van der Waals surface area (Å²) in [6.45, 7) is 11.5. The minimum absolute atomic E-state index is 0.0450. The van der Waals surface area contributed by atoms with Gasteiger partial charge in [0, 0.05) is 49.1 Å². The number of carbonyl (C=O) groups excluding carboxylic acids is 3. The SMILES string of the molecule is C=CCN1C(=O)[C@@]2(O[C@@H](CC(=O)N3Cc4ccccc4C[C@H]3CO)[C@H](C(C)(C)c3ccc(OC)cc3)[C@H]2C)c2cc(N3CCC3=O)ccc21. The molecule has 9 heteroatoms. The van der Waals surface area contributed by atoms with Crippen molar-refractivity contribution in [2.45, 2.75) is 69.7 Å². The number of nitrogens with zero attached hydrogens (tertiary/aromatic N) is 3. The maximum atomic E-state index is 14.8. The zero-order valence-electron chi connectivity index (χ0n) is 28.7. The van der Waals surface area contributed by atoms with Crippen LogP contribution in [-0.4, -0.2) is 66.7 Å². The summed E-state index contributed by atoms with van der Waals surface area (Å²) < 4.78 is 12.6. The molecule has 1 N–H and O–H groups in total. The van der Waals surface area contributed by atoms with Crippen molar-refractivity contribution in [2.24, 2.45) is 11.8 Å². The molecule has 0 aromatic heterocycles. The van der Waals surface area contributed by atoms with E-state index >= 15 is 0 Å². The van der Waals surface area contributed by atoms with E-state index in [4.69, 9.17) is 9.47 Å². The van der Waals surface area contributed by atoms with Crippen molar-refractivity contribution in [3.05, 3.63) is 102 Å². The summed E-state index contributed by atoms with van der Waals surface area (Å²) in [5, 5.41) is 10.4. The largest absolute Gasteiger partial charge is 0.497 e. The van der Waals surface area contributed by atoms with Gasteiger partial charge in [-0.1, -0.05) is 63.2 Å². The summed E-state index contributed by atoms with van der Waals surface area (Å²) in [5.74, 6) is -0.151. The van der Waals surface area contributed by atoms with E-state index in [2.05, 4.69) is 33.4 Å². The van der Waals surface area contributed by atoms with Crippen LogP contribution in [0, 0.1) is 11.8 Å². The minimum Gasteiger partial charge on any atom is -0.497 e. The first-order valence-electron chi connectivity index (χ1n) is 17.2. The molecule has 5 atom stereocenters. The van der Waals surface area contributed by atoms with Gasteiger partial charge in [-0.15, -0.1) is 6.58 Å². The van der Waals surface area contributed by atoms with Crippen LogP contribution in [0.2, 0.25) is 0 Å². The van der Waals surface area contributed by atoms with E-state index in [1.54, 1.807) is 27.9 Å². The Morgan fingerprint density at radius 2 is 1.84 bits per heavy atom. The number of aliphatic hydroxyl groups is 1. The smallest absolute Gasteiger partial charge is 0.264 e. The number of β-lactam (4-membered cyclic amide) rings is 1. The van der Waals surface area contributed by atoms with Crippen LogP contribution in [0.4, 0.5) is 11.4 Å². The second kappa shape index (κ2) is 12.4. The van der Waals surface area contributed by atoms with Crippen LogP contribution in [0.25, 0.3) is 0 Å². The highest BCUT2D eigenvalue weighted by molar-refractivity contribution is 6.09. The lowest BCUT2D eigenvalue weighted by Gasteiger charge is -2.40. The topological polar surface area (TPSA) is 99.6 Å². The molecule has 7 rings (SSSR count). The van der Waals surface area contributed by atoms with Crippen molar-refractivity contribution in [3.8, 4) is 5.75 Å². The lowest BCUT2D eigenvalue weighted by molar-refractivity contribution is -0.151. The summed E-state index contributed by atoms with van der Waals surface area (Å²) >= 11 is 0. The van der Waals surface area contributed by atoms with Crippen molar-refractivity contribution in [1.29, 1.82) is 0 Å². The van der Waals surface area contributed by atoms with E-state index in [0.29, 0.717) is 32.5 Å². The molecule has 256 valence electrons. The zero-order valence-corrected chi connectivity index (χ0v) is 28.7. The Hall–Kier alpha value is -4.47.